The summed E-state index contributed by atoms with van der Waals surface area (Å²) < 4.78 is 11.0. The third-order valence-corrected chi connectivity index (χ3v) is 4.33. The van der Waals surface area contributed by atoms with Gasteiger partial charge in [0, 0.05) is 0 Å². The first-order chi connectivity index (χ1) is 12.9. The minimum atomic E-state index is -1.03. The molecule has 0 atom stereocenters. The van der Waals surface area contributed by atoms with Crippen molar-refractivity contribution in [3.05, 3.63) is 59.2 Å². The van der Waals surface area contributed by atoms with E-state index in [2.05, 4.69) is 47.6 Å². The highest BCUT2D eigenvalue weighted by atomic mass is 16.6. The molecule has 5 nitrogen and oxygen atoms in total. The van der Waals surface area contributed by atoms with Crippen molar-refractivity contribution in [1.82, 2.24) is 0 Å². The van der Waals surface area contributed by atoms with Crippen LogP contribution in [0.5, 0.6) is 11.5 Å². The van der Waals surface area contributed by atoms with Crippen LogP contribution in [0.1, 0.15) is 63.0 Å². The number of esters is 1. The first-order valence-electron chi connectivity index (χ1n) is 9.20. The van der Waals surface area contributed by atoms with Crippen LogP contribution in [0.2, 0.25) is 0 Å². The summed E-state index contributed by atoms with van der Waals surface area (Å²) in [7, 11) is 0. The van der Waals surface area contributed by atoms with E-state index in [9.17, 15) is 9.59 Å². The molecule has 5 heteroatoms. The van der Waals surface area contributed by atoms with Gasteiger partial charge in [-0.15, -0.1) is 0 Å². The highest BCUT2D eigenvalue weighted by molar-refractivity contribution is 5.87. The van der Waals surface area contributed by atoms with Gasteiger partial charge >= 0.3 is 11.9 Å². The summed E-state index contributed by atoms with van der Waals surface area (Å²) in [5.74, 6) is -0.658. The first-order valence-corrected chi connectivity index (χ1v) is 9.20. The van der Waals surface area contributed by atoms with E-state index in [1.807, 2.05) is 12.1 Å². The van der Waals surface area contributed by atoms with Crippen molar-refractivity contribution in [3.63, 3.8) is 0 Å². The van der Waals surface area contributed by atoms with Gasteiger partial charge < -0.3 is 14.6 Å². The van der Waals surface area contributed by atoms with Crippen LogP contribution in [0.3, 0.4) is 0 Å². The van der Waals surface area contributed by atoms with E-state index < -0.39 is 11.9 Å². The molecule has 2 aromatic carbocycles. The molecule has 0 saturated carbocycles. The molecule has 0 amide bonds. The summed E-state index contributed by atoms with van der Waals surface area (Å²) in [4.78, 5) is 23.0. The molecule has 0 aromatic heterocycles. The fraction of sp³-hybridized carbons (Fsp3) is 0.391. The molecule has 0 spiro atoms. The number of carbonyl (C=O) groups excluding carboxylic acids is 1. The maximum absolute atomic E-state index is 12.1. The Morgan fingerprint density at radius 2 is 1.50 bits per heavy atom. The summed E-state index contributed by atoms with van der Waals surface area (Å²) in [6, 6.07) is 11.7. The van der Waals surface area contributed by atoms with Crippen LogP contribution >= 0.6 is 0 Å². The van der Waals surface area contributed by atoms with Crippen LogP contribution in [0.4, 0.5) is 0 Å². The third kappa shape index (κ3) is 5.59. The average molecular weight is 384 g/mol. The van der Waals surface area contributed by atoms with Crippen LogP contribution in [-0.4, -0.2) is 23.7 Å². The maximum Gasteiger partial charge on any atom is 0.349 e. The minimum absolute atomic E-state index is 0.0135. The number of hydrogen-bond acceptors (Lipinski definition) is 4. The SMILES string of the molecule is CC(C)(C)c1ccc(OCC(=O)Oc2ccc(C(=O)O)cc2)c(C(C)(C)C)c1. The molecular formula is C23H28O5. The molecule has 0 aliphatic rings. The minimum Gasteiger partial charge on any atom is -0.482 e. The van der Waals surface area contributed by atoms with Gasteiger partial charge in [0.1, 0.15) is 11.5 Å². The van der Waals surface area contributed by atoms with E-state index in [1.165, 1.54) is 29.8 Å². The maximum atomic E-state index is 12.1. The summed E-state index contributed by atoms with van der Waals surface area (Å²) in [6.45, 7) is 12.5. The number of benzene rings is 2. The van der Waals surface area contributed by atoms with Gasteiger partial charge in [-0.25, -0.2) is 9.59 Å². The van der Waals surface area contributed by atoms with E-state index in [4.69, 9.17) is 14.6 Å². The Labute approximate surface area is 166 Å². The van der Waals surface area contributed by atoms with Gasteiger partial charge in [-0.2, -0.15) is 0 Å². The standard InChI is InChI=1S/C23H28O5/c1-22(2,3)16-9-12-19(18(13-16)23(4,5)6)27-14-20(24)28-17-10-7-15(8-11-17)21(25)26/h7-13H,14H2,1-6H3,(H,25,26). The summed E-state index contributed by atoms with van der Waals surface area (Å²) in [5.41, 5.74) is 2.22. The fourth-order valence-corrected chi connectivity index (χ4v) is 2.67. The van der Waals surface area contributed by atoms with Crippen LogP contribution in [0.25, 0.3) is 0 Å². The van der Waals surface area contributed by atoms with Gasteiger partial charge in [0.05, 0.1) is 5.56 Å². The van der Waals surface area contributed by atoms with E-state index in [0.717, 1.165) is 5.56 Å². The molecular weight excluding hydrogens is 356 g/mol. The van der Waals surface area contributed by atoms with Crippen molar-refractivity contribution in [2.75, 3.05) is 6.61 Å². The van der Waals surface area contributed by atoms with Crippen molar-refractivity contribution in [1.29, 1.82) is 0 Å². The second kappa shape index (κ2) is 8.05. The van der Waals surface area contributed by atoms with Gasteiger partial charge in [-0.3, -0.25) is 0 Å². The third-order valence-electron chi connectivity index (χ3n) is 4.33. The van der Waals surface area contributed by atoms with E-state index >= 15 is 0 Å². The van der Waals surface area contributed by atoms with Crippen LogP contribution in [-0.2, 0) is 15.6 Å². The van der Waals surface area contributed by atoms with Crippen molar-refractivity contribution < 1.29 is 24.2 Å². The molecule has 150 valence electrons. The lowest BCUT2D eigenvalue weighted by atomic mass is 9.80. The normalized spacial score (nSPS) is 11.8. The molecule has 0 unspecified atom stereocenters. The highest BCUT2D eigenvalue weighted by Gasteiger charge is 2.23. The summed E-state index contributed by atoms with van der Waals surface area (Å²) in [5, 5.41) is 8.90. The summed E-state index contributed by atoms with van der Waals surface area (Å²) in [6.07, 6.45) is 0. The molecule has 0 saturated heterocycles. The number of hydrogen-bond donors (Lipinski definition) is 1. The molecule has 1 N–H and O–H groups in total. The quantitative estimate of drug-likeness (QED) is 0.582. The van der Waals surface area contributed by atoms with Crippen LogP contribution in [0, 0.1) is 0 Å². The van der Waals surface area contributed by atoms with Crippen molar-refractivity contribution in [2.45, 2.75) is 52.4 Å². The Bertz CT molecular complexity index is 852. The zero-order valence-electron chi connectivity index (χ0n) is 17.3. The number of rotatable bonds is 5. The number of aromatic carboxylic acids is 1. The molecule has 0 aliphatic carbocycles. The second-order valence-corrected chi connectivity index (χ2v) is 8.80. The Kier molecular flexibility index (Phi) is 6.17. The number of ether oxygens (including phenoxy) is 2. The lowest BCUT2D eigenvalue weighted by Crippen LogP contribution is -2.21. The van der Waals surface area contributed by atoms with Crippen molar-refractivity contribution >= 4 is 11.9 Å². The lowest BCUT2D eigenvalue weighted by Gasteiger charge is -2.27. The molecule has 0 fully saturated rings. The predicted molar refractivity (Wildman–Crippen MR) is 108 cm³/mol. The molecule has 0 radical (unpaired) electrons. The number of carboxylic acid groups (broad SMARTS) is 1. The van der Waals surface area contributed by atoms with E-state index in [1.54, 1.807) is 0 Å². The molecule has 28 heavy (non-hydrogen) atoms. The molecule has 0 heterocycles. The Morgan fingerprint density at radius 3 is 2.00 bits per heavy atom. The van der Waals surface area contributed by atoms with Gasteiger partial charge in [-0.1, -0.05) is 53.7 Å². The van der Waals surface area contributed by atoms with Crippen molar-refractivity contribution in [3.8, 4) is 11.5 Å². The first kappa shape index (κ1) is 21.5. The van der Waals surface area contributed by atoms with Crippen molar-refractivity contribution in [2.24, 2.45) is 0 Å². The fourth-order valence-electron chi connectivity index (χ4n) is 2.67. The topological polar surface area (TPSA) is 72.8 Å². The molecule has 2 rings (SSSR count). The zero-order chi connectivity index (χ0) is 21.1. The lowest BCUT2D eigenvalue weighted by molar-refractivity contribution is -0.136. The van der Waals surface area contributed by atoms with Crippen LogP contribution in [0.15, 0.2) is 42.5 Å². The average Bonchev–Trinajstić information content (AvgIpc) is 2.58. The second-order valence-electron chi connectivity index (χ2n) is 8.80. The number of carbonyl (C=O) groups is 2. The van der Waals surface area contributed by atoms with E-state index in [-0.39, 0.29) is 28.7 Å². The molecule has 0 aliphatic heterocycles. The van der Waals surface area contributed by atoms with Gasteiger partial charge in [-0.05, 0) is 52.3 Å². The smallest absolute Gasteiger partial charge is 0.349 e. The number of carboxylic acids is 1. The molecule has 0 bridgehead atoms. The highest BCUT2D eigenvalue weighted by Crippen LogP contribution is 2.35. The Balaban J connectivity index is 2.10. The van der Waals surface area contributed by atoms with Gasteiger partial charge in [0.15, 0.2) is 6.61 Å². The monoisotopic (exact) mass is 384 g/mol. The van der Waals surface area contributed by atoms with Gasteiger partial charge in [0.25, 0.3) is 0 Å². The van der Waals surface area contributed by atoms with Crippen LogP contribution < -0.4 is 9.47 Å². The Morgan fingerprint density at radius 1 is 0.893 bits per heavy atom. The van der Waals surface area contributed by atoms with E-state index in [0.29, 0.717) is 5.75 Å². The Hall–Kier alpha value is -2.82. The predicted octanol–water partition coefficient (Wildman–Crippen LogP) is 4.96. The summed E-state index contributed by atoms with van der Waals surface area (Å²) >= 11 is 0. The largest absolute Gasteiger partial charge is 0.482 e. The van der Waals surface area contributed by atoms with Gasteiger partial charge in [0.2, 0.25) is 0 Å². The zero-order valence-corrected chi connectivity index (χ0v) is 17.3. The molecule has 2 aromatic rings.